The highest BCUT2D eigenvalue weighted by molar-refractivity contribution is 9.11. The van der Waals surface area contributed by atoms with Crippen LogP contribution in [0.2, 0.25) is 0 Å². The standard InChI is InChI=1S/C13H11Br2NO2/c1-16(7-9-4-5-18-8-9)13(17)11-3-2-10(14)6-12(11)15/h2-6,8H,7H2,1H3. The van der Waals surface area contributed by atoms with Gasteiger partial charge in [0.15, 0.2) is 0 Å². The van der Waals surface area contributed by atoms with Crippen LogP contribution in [-0.4, -0.2) is 17.9 Å². The van der Waals surface area contributed by atoms with E-state index in [0.29, 0.717) is 12.1 Å². The lowest BCUT2D eigenvalue weighted by Gasteiger charge is -2.17. The molecule has 0 radical (unpaired) electrons. The van der Waals surface area contributed by atoms with Crippen LogP contribution in [0.25, 0.3) is 0 Å². The van der Waals surface area contributed by atoms with E-state index < -0.39 is 0 Å². The van der Waals surface area contributed by atoms with Crippen molar-refractivity contribution < 1.29 is 9.21 Å². The third-order valence-electron chi connectivity index (χ3n) is 2.51. The quantitative estimate of drug-likeness (QED) is 0.813. The van der Waals surface area contributed by atoms with Gasteiger partial charge in [0.05, 0.1) is 18.1 Å². The molecule has 0 fully saturated rings. The zero-order valence-corrected chi connectivity index (χ0v) is 12.9. The average molecular weight is 373 g/mol. The Morgan fingerprint density at radius 2 is 2.11 bits per heavy atom. The lowest BCUT2D eigenvalue weighted by molar-refractivity contribution is 0.0784. The smallest absolute Gasteiger partial charge is 0.255 e. The van der Waals surface area contributed by atoms with Crippen molar-refractivity contribution in [3.05, 3.63) is 56.9 Å². The molecule has 2 rings (SSSR count). The largest absolute Gasteiger partial charge is 0.472 e. The number of carbonyl (C=O) groups is 1. The molecule has 1 aromatic carbocycles. The molecule has 1 amide bonds. The summed E-state index contributed by atoms with van der Waals surface area (Å²) in [6.45, 7) is 0.526. The van der Waals surface area contributed by atoms with Crippen LogP contribution < -0.4 is 0 Å². The van der Waals surface area contributed by atoms with E-state index in [9.17, 15) is 4.79 Å². The Morgan fingerprint density at radius 1 is 1.33 bits per heavy atom. The maximum absolute atomic E-state index is 12.3. The Bertz CT molecular complexity index is 552. The molecule has 18 heavy (non-hydrogen) atoms. The molecule has 0 saturated heterocycles. The Balaban J connectivity index is 2.15. The van der Waals surface area contributed by atoms with Crippen LogP contribution in [0.4, 0.5) is 0 Å². The first-order valence-corrected chi connectivity index (χ1v) is 6.88. The number of furan rings is 1. The minimum Gasteiger partial charge on any atom is -0.472 e. The number of nitrogens with zero attached hydrogens (tertiary/aromatic N) is 1. The van der Waals surface area contributed by atoms with Gasteiger partial charge in [-0.2, -0.15) is 0 Å². The molecule has 0 bridgehead atoms. The van der Waals surface area contributed by atoms with Gasteiger partial charge in [-0.3, -0.25) is 4.79 Å². The molecule has 5 heteroatoms. The number of carbonyl (C=O) groups excluding carboxylic acids is 1. The molecule has 1 aromatic heterocycles. The highest BCUT2D eigenvalue weighted by atomic mass is 79.9. The maximum Gasteiger partial charge on any atom is 0.255 e. The van der Waals surface area contributed by atoms with Crippen molar-refractivity contribution in [1.29, 1.82) is 0 Å². The van der Waals surface area contributed by atoms with Crippen LogP contribution in [-0.2, 0) is 6.54 Å². The van der Waals surface area contributed by atoms with Crippen molar-refractivity contribution in [3.8, 4) is 0 Å². The maximum atomic E-state index is 12.3. The lowest BCUT2D eigenvalue weighted by atomic mass is 10.2. The first kappa shape index (κ1) is 13.4. The Kier molecular flexibility index (Phi) is 4.24. The van der Waals surface area contributed by atoms with Crippen LogP contribution >= 0.6 is 31.9 Å². The first-order valence-electron chi connectivity index (χ1n) is 5.29. The molecule has 0 aliphatic rings. The summed E-state index contributed by atoms with van der Waals surface area (Å²) in [5.41, 5.74) is 1.61. The fraction of sp³-hybridized carbons (Fsp3) is 0.154. The van der Waals surface area contributed by atoms with Gasteiger partial charge < -0.3 is 9.32 Å². The Hall–Kier alpha value is -1.07. The summed E-state index contributed by atoms with van der Waals surface area (Å²) in [5, 5.41) is 0. The van der Waals surface area contributed by atoms with E-state index in [0.717, 1.165) is 14.5 Å². The van der Waals surface area contributed by atoms with Gasteiger partial charge >= 0.3 is 0 Å². The van der Waals surface area contributed by atoms with E-state index in [1.54, 1.807) is 30.5 Å². The fourth-order valence-electron chi connectivity index (χ4n) is 1.60. The number of amides is 1. The normalized spacial score (nSPS) is 10.4. The number of rotatable bonds is 3. The van der Waals surface area contributed by atoms with Gasteiger partial charge in [0.25, 0.3) is 5.91 Å². The van der Waals surface area contributed by atoms with Gasteiger partial charge in [0.1, 0.15) is 0 Å². The summed E-state index contributed by atoms with van der Waals surface area (Å²) in [6, 6.07) is 7.35. The van der Waals surface area contributed by atoms with Crippen LogP contribution in [0.5, 0.6) is 0 Å². The fourth-order valence-corrected chi connectivity index (χ4v) is 2.81. The second-order valence-corrected chi connectivity index (χ2v) is 5.69. The van der Waals surface area contributed by atoms with Gasteiger partial charge in [-0.25, -0.2) is 0 Å². The Labute approximate surface area is 122 Å². The van der Waals surface area contributed by atoms with Crippen LogP contribution in [0.15, 0.2) is 50.2 Å². The molecule has 0 aliphatic heterocycles. The Morgan fingerprint density at radius 3 is 2.72 bits per heavy atom. The van der Waals surface area contributed by atoms with Gasteiger partial charge in [-0.1, -0.05) is 15.9 Å². The van der Waals surface area contributed by atoms with Gasteiger partial charge in [-0.05, 0) is 40.2 Å². The molecule has 0 unspecified atom stereocenters. The highest BCUT2D eigenvalue weighted by Crippen LogP contribution is 2.23. The number of halogens is 2. The van der Waals surface area contributed by atoms with Crippen LogP contribution in [0, 0.1) is 0 Å². The summed E-state index contributed by atoms with van der Waals surface area (Å²) in [5.74, 6) is -0.0319. The summed E-state index contributed by atoms with van der Waals surface area (Å²) >= 11 is 6.76. The zero-order chi connectivity index (χ0) is 13.1. The van der Waals surface area contributed by atoms with E-state index in [-0.39, 0.29) is 5.91 Å². The highest BCUT2D eigenvalue weighted by Gasteiger charge is 2.15. The van der Waals surface area contributed by atoms with Gasteiger partial charge in [-0.15, -0.1) is 0 Å². The number of hydrogen-bond donors (Lipinski definition) is 0. The molecule has 0 saturated carbocycles. The average Bonchev–Trinajstić information content (AvgIpc) is 2.81. The predicted octanol–water partition coefficient (Wildman–Crippen LogP) is 4.08. The second kappa shape index (κ2) is 5.71. The molecule has 2 aromatic rings. The minimum absolute atomic E-state index is 0.0319. The van der Waals surface area contributed by atoms with Crippen LogP contribution in [0.3, 0.4) is 0 Å². The second-order valence-electron chi connectivity index (χ2n) is 3.92. The first-order chi connectivity index (χ1) is 8.58. The van der Waals surface area contributed by atoms with E-state index in [4.69, 9.17) is 4.42 Å². The molecule has 3 nitrogen and oxygen atoms in total. The molecule has 0 aliphatic carbocycles. The van der Waals surface area contributed by atoms with E-state index in [1.165, 1.54) is 0 Å². The SMILES string of the molecule is CN(Cc1ccoc1)C(=O)c1ccc(Br)cc1Br. The minimum atomic E-state index is -0.0319. The van der Waals surface area contributed by atoms with Crippen molar-refractivity contribution in [2.75, 3.05) is 7.05 Å². The molecule has 0 atom stereocenters. The third kappa shape index (κ3) is 3.03. The van der Waals surface area contributed by atoms with E-state index >= 15 is 0 Å². The van der Waals surface area contributed by atoms with Crippen molar-refractivity contribution in [2.24, 2.45) is 0 Å². The molecule has 0 N–H and O–H groups in total. The third-order valence-corrected chi connectivity index (χ3v) is 3.66. The molecular weight excluding hydrogens is 362 g/mol. The van der Waals surface area contributed by atoms with Crippen molar-refractivity contribution >= 4 is 37.8 Å². The predicted molar refractivity (Wildman–Crippen MR) is 76.3 cm³/mol. The van der Waals surface area contributed by atoms with Crippen molar-refractivity contribution in [1.82, 2.24) is 4.90 Å². The van der Waals surface area contributed by atoms with Gasteiger partial charge in [0, 0.05) is 28.1 Å². The van der Waals surface area contributed by atoms with E-state index in [1.807, 2.05) is 18.2 Å². The van der Waals surface area contributed by atoms with Gasteiger partial charge in [0.2, 0.25) is 0 Å². The number of benzene rings is 1. The summed E-state index contributed by atoms with van der Waals surface area (Å²) in [6.07, 6.45) is 3.24. The zero-order valence-electron chi connectivity index (χ0n) is 9.69. The van der Waals surface area contributed by atoms with Crippen molar-refractivity contribution in [3.63, 3.8) is 0 Å². The molecular formula is C13H11Br2NO2. The molecule has 1 heterocycles. The lowest BCUT2D eigenvalue weighted by Crippen LogP contribution is -2.26. The summed E-state index contributed by atoms with van der Waals surface area (Å²) in [4.78, 5) is 13.9. The topological polar surface area (TPSA) is 33.5 Å². The molecule has 0 spiro atoms. The summed E-state index contributed by atoms with van der Waals surface area (Å²) < 4.78 is 6.70. The van der Waals surface area contributed by atoms with Crippen LogP contribution in [0.1, 0.15) is 15.9 Å². The van der Waals surface area contributed by atoms with E-state index in [2.05, 4.69) is 31.9 Å². The monoisotopic (exact) mass is 371 g/mol. The van der Waals surface area contributed by atoms with Crippen molar-refractivity contribution in [2.45, 2.75) is 6.54 Å². The number of hydrogen-bond acceptors (Lipinski definition) is 2. The summed E-state index contributed by atoms with van der Waals surface area (Å²) in [7, 11) is 1.77. The molecule has 94 valence electrons.